The van der Waals surface area contributed by atoms with Crippen molar-refractivity contribution in [3.8, 4) is 34.4 Å². The number of methoxy groups -OCH3 is 1. The van der Waals surface area contributed by atoms with E-state index in [2.05, 4.69) is 20.5 Å². The summed E-state index contributed by atoms with van der Waals surface area (Å²) in [5, 5.41) is 12.7. The molecule has 0 aliphatic rings. The van der Waals surface area contributed by atoms with Gasteiger partial charge in [0.25, 0.3) is 5.89 Å². The van der Waals surface area contributed by atoms with E-state index in [1.165, 1.54) is 4.68 Å². The molecule has 26 heavy (non-hydrogen) atoms. The maximum absolute atomic E-state index is 6.20. The molecule has 0 spiro atoms. The molecule has 0 aliphatic heterocycles. The van der Waals surface area contributed by atoms with Gasteiger partial charge < -0.3 is 15.0 Å². The van der Waals surface area contributed by atoms with Gasteiger partial charge in [0.15, 0.2) is 11.5 Å². The van der Waals surface area contributed by atoms with Crippen LogP contribution in [0.2, 0.25) is 5.02 Å². The van der Waals surface area contributed by atoms with Crippen LogP contribution in [0.5, 0.6) is 5.75 Å². The molecule has 2 heterocycles. The minimum absolute atomic E-state index is 0.175. The Balaban J connectivity index is 1.72. The molecule has 9 heteroatoms. The predicted molar refractivity (Wildman–Crippen MR) is 96.1 cm³/mol. The Bertz CT molecular complexity index is 1060. The smallest absolute Gasteiger partial charge is 0.282 e. The second-order valence-electron chi connectivity index (χ2n) is 5.34. The first kappa shape index (κ1) is 16.1. The van der Waals surface area contributed by atoms with E-state index in [4.69, 9.17) is 26.6 Å². The SMILES string of the molecule is COc1ccccc1-n1nnc(-c2nc(-c3ccc(Cl)cc3)no2)c1N. The first-order valence-corrected chi connectivity index (χ1v) is 8.00. The van der Waals surface area contributed by atoms with Crippen molar-refractivity contribution >= 4 is 17.4 Å². The minimum atomic E-state index is 0.175. The summed E-state index contributed by atoms with van der Waals surface area (Å²) in [4.78, 5) is 4.34. The van der Waals surface area contributed by atoms with Gasteiger partial charge in [0.05, 0.1) is 7.11 Å². The summed E-state index contributed by atoms with van der Waals surface area (Å²) in [6.45, 7) is 0. The van der Waals surface area contributed by atoms with Gasteiger partial charge in [0, 0.05) is 10.6 Å². The molecule has 4 aromatic rings. The topological polar surface area (TPSA) is 105 Å². The van der Waals surface area contributed by atoms with Gasteiger partial charge in [-0.05, 0) is 36.4 Å². The summed E-state index contributed by atoms with van der Waals surface area (Å²) < 4.78 is 12.1. The van der Waals surface area contributed by atoms with Crippen molar-refractivity contribution in [2.45, 2.75) is 0 Å². The van der Waals surface area contributed by atoms with E-state index in [0.29, 0.717) is 28.0 Å². The number of ether oxygens (including phenoxy) is 1. The molecule has 8 nitrogen and oxygen atoms in total. The van der Waals surface area contributed by atoms with E-state index in [9.17, 15) is 0 Å². The van der Waals surface area contributed by atoms with Gasteiger partial charge in [-0.3, -0.25) is 0 Å². The van der Waals surface area contributed by atoms with Gasteiger partial charge in [0.2, 0.25) is 5.82 Å². The summed E-state index contributed by atoms with van der Waals surface area (Å²) in [5.74, 6) is 1.46. The summed E-state index contributed by atoms with van der Waals surface area (Å²) in [6, 6.07) is 14.4. The van der Waals surface area contributed by atoms with Crippen LogP contribution >= 0.6 is 11.6 Å². The molecular formula is C17H13ClN6O2. The van der Waals surface area contributed by atoms with Crippen molar-refractivity contribution in [2.75, 3.05) is 12.8 Å². The number of hydrogen-bond acceptors (Lipinski definition) is 7. The average Bonchev–Trinajstić information content (AvgIpc) is 3.29. The van der Waals surface area contributed by atoms with Crippen molar-refractivity contribution in [3.63, 3.8) is 0 Å². The van der Waals surface area contributed by atoms with E-state index in [1.54, 1.807) is 31.4 Å². The summed E-state index contributed by atoms with van der Waals surface area (Å²) in [6.07, 6.45) is 0. The van der Waals surface area contributed by atoms with E-state index < -0.39 is 0 Å². The molecule has 0 bridgehead atoms. The van der Waals surface area contributed by atoms with Crippen molar-refractivity contribution in [3.05, 3.63) is 53.6 Å². The van der Waals surface area contributed by atoms with Gasteiger partial charge >= 0.3 is 0 Å². The lowest BCUT2D eigenvalue weighted by molar-refractivity contribution is 0.411. The number of hydrogen-bond donors (Lipinski definition) is 1. The Hall–Kier alpha value is -3.39. The number of halogens is 1. The Labute approximate surface area is 153 Å². The zero-order chi connectivity index (χ0) is 18.1. The Morgan fingerprint density at radius 3 is 2.65 bits per heavy atom. The Morgan fingerprint density at radius 2 is 1.88 bits per heavy atom. The highest BCUT2D eigenvalue weighted by Gasteiger charge is 2.21. The van der Waals surface area contributed by atoms with Crippen LogP contribution in [-0.4, -0.2) is 32.2 Å². The third kappa shape index (κ3) is 2.76. The van der Waals surface area contributed by atoms with Crippen LogP contribution in [-0.2, 0) is 0 Å². The number of anilines is 1. The second-order valence-corrected chi connectivity index (χ2v) is 5.77. The average molecular weight is 369 g/mol. The standard InChI is InChI=1S/C17H13ClN6O2/c1-25-13-5-3-2-4-12(13)24-15(19)14(21-23-24)17-20-16(22-26-17)10-6-8-11(18)9-7-10/h2-9H,19H2,1H3. The highest BCUT2D eigenvalue weighted by Crippen LogP contribution is 2.29. The molecule has 0 unspecified atom stereocenters. The normalized spacial score (nSPS) is 10.8. The molecule has 0 saturated heterocycles. The molecule has 2 N–H and O–H groups in total. The highest BCUT2D eigenvalue weighted by molar-refractivity contribution is 6.30. The molecule has 4 rings (SSSR count). The van der Waals surface area contributed by atoms with Gasteiger partial charge in [-0.15, -0.1) is 5.10 Å². The maximum Gasteiger partial charge on any atom is 0.282 e. The van der Waals surface area contributed by atoms with Gasteiger partial charge in [-0.25, -0.2) is 0 Å². The molecule has 0 radical (unpaired) electrons. The lowest BCUT2D eigenvalue weighted by atomic mass is 10.2. The number of nitrogens with two attached hydrogens (primary N) is 1. The van der Waals surface area contributed by atoms with Crippen LogP contribution in [0.25, 0.3) is 28.7 Å². The molecule has 0 aliphatic carbocycles. The third-order valence-electron chi connectivity index (χ3n) is 3.75. The number of nitrogens with zero attached hydrogens (tertiary/aromatic N) is 5. The molecule has 0 amide bonds. The van der Waals surface area contributed by atoms with Crippen LogP contribution in [0.1, 0.15) is 0 Å². The van der Waals surface area contributed by atoms with Gasteiger partial charge in [-0.2, -0.15) is 9.67 Å². The van der Waals surface area contributed by atoms with E-state index >= 15 is 0 Å². The lowest BCUT2D eigenvalue weighted by Gasteiger charge is -2.08. The monoisotopic (exact) mass is 368 g/mol. The number of benzene rings is 2. The minimum Gasteiger partial charge on any atom is -0.494 e. The maximum atomic E-state index is 6.20. The largest absolute Gasteiger partial charge is 0.494 e. The lowest BCUT2D eigenvalue weighted by Crippen LogP contribution is -2.04. The fraction of sp³-hybridized carbons (Fsp3) is 0.0588. The number of nitrogen functional groups attached to an aromatic ring is 1. The molecule has 0 fully saturated rings. The molecule has 2 aromatic carbocycles. The van der Waals surface area contributed by atoms with Crippen molar-refractivity contribution < 1.29 is 9.26 Å². The fourth-order valence-electron chi connectivity index (χ4n) is 2.46. The predicted octanol–water partition coefficient (Wildman–Crippen LogP) is 3.23. The van der Waals surface area contributed by atoms with Crippen molar-refractivity contribution in [2.24, 2.45) is 0 Å². The van der Waals surface area contributed by atoms with Crippen LogP contribution in [0.15, 0.2) is 53.1 Å². The summed E-state index contributed by atoms with van der Waals surface area (Å²) in [7, 11) is 1.57. The highest BCUT2D eigenvalue weighted by atomic mass is 35.5. The third-order valence-corrected chi connectivity index (χ3v) is 4.00. The molecule has 2 aromatic heterocycles. The second kappa shape index (κ2) is 6.49. The zero-order valence-corrected chi connectivity index (χ0v) is 14.4. The first-order chi connectivity index (χ1) is 12.7. The molecular weight excluding hydrogens is 356 g/mol. The van der Waals surface area contributed by atoms with E-state index in [-0.39, 0.29) is 11.7 Å². The van der Waals surface area contributed by atoms with Crippen LogP contribution < -0.4 is 10.5 Å². The van der Waals surface area contributed by atoms with Gasteiger partial charge in [0.1, 0.15) is 11.4 Å². The molecule has 130 valence electrons. The van der Waals surface area contributed by atoms with Crippen molar-refractivity contribution in [1.29, 1.82) is 0 Å². The van der Waals surface area contributed by atoms with Gasteiger partial charge in [-0.1, -0.05) is 34.1 Å². The van der Waals surface area contributed by atoms with E-state index in [1.807, 2.05) is 24.3 Å². The van der Waals surface area contributed by atoms with Crippen LogP contribution in [0, 0.1) is 0 Å². The first-order valence-electron chi connectivity index (χ1n) is 7.62. The summed E-state index contributed by atoms with van der Waals surface area (Å²) in [5.41, 5.74) is 7.91. The zero-order valence-electron chi connectivity index (χ0n) is 13.6. The molecule has 0 atom stereocenters. The summed E-state index contributed by atoms with van der Waals surface area (Å²) >= 11 is 5.89. The number of para-hydroxylation sites is 2. The number of aromatic nitrogens is 5. The fourth-order valence-corrected chi connectivity index (χ4v) is 2.59. The Morgan fingerprint density at radius 1 is 1.12 bits per heavy atom. The van der Waals surface area contributed by atoms with Crippen LogP contribution in [0.4, 0.5) is 5.82 Å². The molecule has 0 saturated carbocycles. The van der Waals surface area contributed by atoms with Crippen LogP contribution in [0.3, 0.4) is 0 Å². The number of rotatable bonds is 4. The van der Waals surface area contributed by atoms with Crippen molar-refractivity contribution in [1.82, 2.24) is 25.1 Å². The van der Waals surface area contributed by atoms with E-state index in [0.717, 1.165) is 5.56 Å². The quantitative estimate of drug-likeness (QED) is 0.589. The Kier molecular flexibility index (Phi) is 4.02.